The fourth-order valence-corrected chi connectivity index (χ4v) is 3.58. The molecule has 1 aromatic carbocycles. The van der Waals surface area contributed by atoms with Gasteiger partial charge in [0.15, 0.2) is 0 Å². The lowest BCUT2D eigenvalue weighted by atomic mass is 9.99. The molecule has 3 rings (SSSR count). The van der Waals surface area contributed by atoms with Crippen LogP contribution in [-0.4, -0.2) is 61.1 Å². The smallest absolute Gasteiger partial charge is 0.317 e. The lowest BCUT2D eigenvalue weighted by Gasteiger charge is -2.36. The normalized spacial score (nSPS) is 23.5. The van der Waals surface area contributed by atoms with Crippen LogP contribution in [0.1, 0.15) is 12.0 Å². The lowest BCUT2D eigenvalue weighted by Crippen LogP contribution is -2.52. The number of carbonyl (C=O) groups excluding carboxylic acids is 2. The Morgan fingerprint density at radius 2 is 2.26 bits per heavy atom. The average molecular weight is 338 g/mol. The molecule has 2 saturated heterocycles. The van der Waals surface area contributed by atoms with Gasteiger partial charge in [0, 0.05) is 30.7 Å². The van der Waals surface area contributed by atoms with Crippen molar-refractivity contribution in [3.63, 3.8) is 0 Å². The van der Waals surface area contributed by atoms with Crippen LogP contribution in [0.5, 0.6) is 5.75 Å². The van der Waals surface area contributed by atoms with E-state index in [0.717, 1.165) is 6.42 Å². The predicted molar refractivity (Wildman–Crippen MR) is 86.8 cm³/mol. The minimum Gasteiger partial charge on any atom is -0.496 e. The van der Waals surface area contributed by atoms with Gasteiger partial charge in [0.1, 0.15) is 5.75 Å². The summed E-state index contributed by atoms with van der Waals surface area (Å²) in [6.45, 7) is 1.18. The highest BCUT2D eigenvalue weighted by molar-refractivity contribution is 6.31. The summed E-state index contributed by atoms with van der Waals surface area (Å²) >= 11 is 6.20. The minimum absolute atomic E-state index is 0.00125. The molecule has 0 radical (unpaired) electrons. The number of likely N-dealkylation sites (tertiary alicyclic amines) is 1. The second kappa shape index (κ2) is 6.28. The molecule has 2 atom stereocenters. The van der Waals surface area contributed by atoms with E-state index in [0.29, 0.717) is 29.4 Å². The van der Waals surface area contributed by atoms with Gasteiger partial charge in [-0.3, -0.25) is 4.79 Å². The topological polar surface area (TPSA) is 61.9 Å². The van der Waals surface area contributed by atoms with Crippen LogP contribution in [-0.2, 0) is 11.2 Å². The predicted octanol–water partition coefficient (Wildman–Crippen LogP) is 1.52. The summed E-state index contributed by atoms with van der Waals surface area (Å²) in [5, 5.41) is 3.46. The Balaban J connectivity index is 1.70. The Kier molecular flexibility index (Phi) is 4.35. The van der Waals surface area contributed by atoms with Crippen LogP contribution in [0, 0.1) is 0 Å². The van der Waals surface area contributed by atoms with Crippen molar-refractivity contribution in [2.75, 3.05) is 27.2 Å². The van der Waals surface area contributed by atoms with Crippen molar-refractivity contribution in [3.8, 4) is 5.75 Å². The zero-order valence-electron chi connectivity index (χ0n) is 13.2. The summed E-state index contributed by atoms with van der Waals surface area (Å²) in [5.74, 6) is 0.619. The molecule has 0 aliphatic carbocycles. The van der Waals surface area contributed by atoms with Crippen LogP contribution in [0.15, 0.2) is 18.2 Å². The van der Waals surface area contributed by atoms with Crippen LogP contribution in [0.25, 0.3) is 0 Å². The highest BCUT2D eigenvalue weighted by Gasteiger charge is 2.41. The zero-order chi connectivity index (χ0) is 16.6. The molecule has 2 aliphatic rings. The highest BCUT2D eigenvalue weighted by atomic mass is 35.5. The number of methoxy groups -OCH3 is 1. The molecular weight excluding hydrogens is 318 g/mol. The maximum absolute atomic E-state index is 12.6. The molecule has 0 bridgehead atoms. The number of amides is 3. The number of likely N-dealkylation sites (N-methyl/N-ethyl adjacent to an activating group) is 1. The Morgan fingerprint density at radius 1 is 1.48 bits per heavy atom. The molecule has 3 amide bonds. The number of urea groups is 1. The van der Waals surface area contributed by atoms with Gasteiger partial charge in [-0.25, -0.2) is 4.79 Å². The SMILES string of the molecule is COc1cccc(Cl)c1CC(=O)N1CC[C@H]2[C@@H](C1)NC(=O)N2C. The third-order valence-electron chi connectivity index (χ3n) is 4.68. The fraction of sp³-hybridized carbons (Fsp3) is 0.500. The second-order valence-corrected chi connectivity index (χ2v) is 6.37. The molecule has 0 spiro atoms. The number of benzene rings is 1. The van der Waals surface area contributed by atoms with E-state index >= 15 is 0 Å². The fourth-order valence-electron chi connectivity index (χ4n) is 3.35. The molecule has 124 valence electrons. The number of carbonyl (C=O) groups is 2. The van der Waals surface area contributed by atoms with Gasteiger partial charge >= 0.3 is 6.03 Å². The summed E-state index contributed by atoms with van der Waals surface area (Å²) in [7, 11) is 3.36. The monoisotopic (exact) mass is 337 g/mol. The van der Waals surface area contributed by atoms with E-state index in [-0.39, 0.29) is 30.4 Å². The summed E-state index contributed by atoms with van der Waals surface area (Å²) in [6, 6.07) is 5.45. The first-order valence-electron chi connectivity index (χ1n) is 7.63. The third kappa shape index (κ3) is 2.95. The van der Waals surface area contributed by atoms with Gasteiger partial charge in [-0.05, 0) is 18.6 Å². The minimum atomic E-state index is -0.0675. The van der Waals surface area contributed by atoms with Gasteiger partial charge in [0.25, 0.3) is 0 Å². The lowest BCUT2D eigenvalue weighted by molar-refractivity contribution is -0.132. The van der Waals surface area contributed by atoms with Crippen molar-refractivity contribution in [2.45, 2.75) is 24.9 Å². The van der Waals surface area contributed by atoms with E-state index in [1.807, 2.05) is 0 Å². The van der Waals surface area contributed by atoms with E-state index in [4.69, 9.17) is 16.3 Å². The Hall–Kier alpha value is -1.95. The van der Waals surface area contributed by atoms with Crippen molar-refractivity contribution in [3.05, 3.63) is 28.8 Å². The molecule has 0 aromatic heterocycles. The maximum Gasteiger partial charge on any atom is 0.317 e. The van der Waals surface area contributed by atoms with Crippen LogP contribution in [0.3, 0.4) is 0 Å². The van der Waals surface area contributed by atoms with Crippen LogP contribution in [0.4, 0.5) is 4.79 Å². The standard InChI is InChI=1S/C16H20ClN3O3/c1-19-13-6-7-20(9-12(13)18-16(19)22)15(21)8-10-11(17)4-3-5-14(10)23-2/h3-5,12-13H,6-9H2,1-2H3,(H,18,22)/t12-,13+/m1/s1. The summed E-state index contributed by atoms with van der Waals surface area (Å²) in [6.07, 6.45) is 0.981. The quantitative estimate of drug-likeness (QED) is 0.909. The van der Waals surface area contributed by atoms with E-state index in [2.05, 4.69) is 5.32 Å². The summed E-state index contributed by atoms with van der Waals surface area (Å²) < 4.78 is 5.29. The molecular formula is C16H20ClN3O3. The van der Waals surface area contributed by atoms with Crippen molar-refractivity contribution in [1.29, 1.82) is 0 Å². The Bertz CT molecular complexity index is 637. The molecule has 1 aromatic rings. The molecule has 0 unspecified atom stereocenters. The average Bonchev–Trinajstić information content (AvgIpc) is 2.83. The molecule has 1 N–H and O–H groups in total. The van der Waals surface area contributed by atoms with E-state index < -0.39 is 0 Å². The van der Waals surface area contributed by atoms with Crippen molar-refractivity contribution < 1.29 is 14.3 Å². The molecule has 6 nitrogen and oxygen atoms in total. The first-order chi connectivity index (χ1) is 11.0. The van der Waals surface area contributed by atoms with Crippen molar-refractivity contribution in [2.24, 2.45) is 0 Å². The zero-order valence-corrected chi connectivity index (χ0v) is 14.0. The first kappa shape index (κ1) is 15.9. The molecule has 7 heteroatoms. The molecule has 2 fully saturated rings. The van der Waals surface area contributed by atoms with E-state index in [1.165, 1.54) is 0 Å². The number of rotatable bonds is 3. The van der Waals surface area contributed by atoms with Crippen molar-refractivity contribution >= 4 is 23.5 Å². The number of fused-ring (bicyclic) bond motifs is 1. The van der Waals surface area contributed by atoms with E-state index in [1.54, 1.807) is 42.2 Å². The second-order valence-electron chi connectivity index (χ2n) is 5.96. The van der Waals surface area contributed by atoms with Gasteiger partial charge in [-0.1, -0.05) is 17.7 Å². The highest BCUT2D eigenvalue weighted by Crippen LogP contribution is 2.28. The van der Waals surface area contributed by atoms with E-state index in [9.17, 15) is 9.59 Å². The Morgan fingerprint density at radius 3 is 3.00 bits per heavy atom. The largest absolute Gasteiger partial charge is 0.496 e. The maximum atomic E-state index is 12.6. The first-order valence-corrected chi connectivity index (χ1v) is 8.01. The van der Waals surface area contributed by atoms with Crippen LogP contribution < -0.4 is 10.1 Å². The Labute approximate surface area is 140 Å². The summed E-state index contributed by atoms with van der Waals surface area (Å²) in [4.78, 5) is 27.9. The summed E-state index contributed by atoms with van der Waals surface area (Å²) in [5.41, 5.74) is 0.705. The van der Waals surface area contributed by atoms with Gasteiger partial charge in [-0.2, -0.15) is 0 Å². The number of piperidine rings is 1. The van der Waals surface area contributed by atoms with Gasteiger partial charge in [0.2, 0.25) is 5.91 Å². The molecule has 2 heterocycles. The van der Waals surface area contributed by atoms with Gasteiger partial charge in [-0.15, -0.1) is 0 Å². The number of halogens is 1. The number of hydrogen-bond acceptors (Lipinski definition) is 3. The van der Waals surface area contributed by atoms with Crippen molar-refractivity contribution in [1.82, 2.24) is 15.1 Å². The third-order valence-corrected chi connectivity index (χ3v) is 5.03. The van der Waals surface area contributed by atoms with Gasteiger partial charge in [0.05, 0.1) is 25.6 Å². The molecule has 23 heavy (non-hydrogen) atoms. The van der Waals surface area contributed by atoms with Gasteiger partial charge < -0.3 is 19.9 Å². The molecule has 2 aliphatic heterocycles. The number of nitrogens with zero attached hydrogens (tertiary/aromatic N) is 2. The van der Waals surface area contributed by atoms with Crippen LogP contribution in [0.2, 0.25) is 5.02 Å². The number of ether oxygens (including phenoxy) is 1. The number of hydrogen-bond donors (Lipinski definition) is 1. The number of nitrogens with one attached hydrogen (secondary N) is 1. The molecule has 0 saturated carbocycles. The van der Waals surface area contributed by atoms with Crippen LogP contribution >= 0.6 is 11.6 Å².